The van der Waals surface area contributed by atoms with Crippen molar-refractivity contribution in [3.8, 4) is 0 Å². The van der Waals surface area contributed by atoms with Gasteiger partial charge in [-0.3, -0.25) is 9.69 Å². The molecule has 0 radical (unpaired) electrons. The Kier molecular flexibility index (Phi) is 6.09. The van der Waals surface area contributed by atoms with Gasteiger partial charge >= 0.3 is 0 Å². The summed E-state index contributed by atoms with van der Waals surface area (Å²) in [6, 6.07) is 0.569. The molecule has 0 aromatic heterocycles. The van der Waals surface area contributed by atoms with Gasteiger partial charge in [0.05, 0.1) is 6.54 Å². The molecule has 1 aliphatic heterocycles. The Labute approximate surface area is 111 Å². The van der Waals surface area contributed by atoms with E-state index in [2.05, 4.69) is 22.5 Å². The first kappa shape index (κ1) is 15.4. The minimum Gasteiger partial charge on any atom is -0.350 e. The van der Waals surface area contributed by atoms with Gasteiger partial charge in [0.2, 0.25) is 5.91 Å². The number of nitrogens with one attached hydrogen (secondary N) is 2. The van der Waals surface area contributed by atoms with Crippen molar-refractivity contribution in [2.24, 2.45) is 0 Å². The highest BCUT2D eigenvalue weighted by atomic mass is 16.2. The van der Waals surface area contributed by atoms with Crippen molar-refractivity contribution >= 4 is 5.91 Å². The molecule has 4 heteroatoms. The smallest absolute Gasteiger partial charge is 0.234 e. The summed E-state index contributed by atoms with van der Waals surface area (Å²) in [4.78, 5) is 14.2. The Bertz CT molecular complexity index is 254. The van der Waals surface area contributed by atoms with Gasteiger partial charge in [-0.05, 0) is 53.1 Å². The van der Waals surface area contributed by atoms with Crippen LogP contribution in [0.25, 0.3) is 0 Å². The van der Waals surface area contributed by atoms with Crippen LogP contribution in [0, 0.1) is 0 Å². The minimum atomic E-state index is -0.138. The van der Waals surface area contributed by atoms with Gasteiger partial charge in [-0.15, -0.1) is 0 Å². The fraction of sp³-hybridized carbons (Fsp3) is 0.929. The molecule has 0 saturated carbocycles. The van der Waals surface area contributed by atoms with Crippen molar-refractivity contribution < 1.29 is 4.79 Å². The normalized spacial score (nSPS) is 20.4. The summed E-state index contributed by atoms with van der Waals surface area (Å²) < 4.78 is 0. The molecule has 0 aromatic carbocycles. The van der Waals surface area contributed by atoms with Crippen molar-refractivity contribution in [2.45, 2.75) is 58.5 Å². The van der Waals surface area contributed by atoms with Crippen LogP contribution in [0.4, 0.5) is 0 Å². The minimum absolute atomic E-state index is 0.133. The molecule has 0 spiro atoms. The van der Waals surface area contributed by atoms with E-state index >= 15 is 0 Å². The van der Waals surface area contributed by atoms with Crippen molar-refractivity contribution in [1.82, 2.24) is 15.5 Å². The maximum Gasteiger partial charge on any atom is 0.234 e. The molecule has 0 bridgehead atoms. The van der Waals surface area contributed by atoms with E-state index in [0.717, 1.165) is 26.1 Å². The van der Waals surface area contributed by atoms with Crippen LogP contribution in [0.1, 0.15) is 47.0 Å². The zero-order valence-corrected chi connectivity index (χ0v) is 12.4. The molecule has 0 aromatic rings. The molecule has 1 saturated heterocycles. The van der Waals surface area contributed by atoms with Crippen LogP contribution in [-0.2, 0) is 4.79 Å². The fourth-order valence-corrected chi connectivity index (χ4v) is 2.44. The molecule has 1 unspecified atom stereocenters. The van der Waals surface area contributed by atoms with Gasteiger partial charge in [0.1, 0.15) is 0 Å². The lowest BCUT2D eigenvalue weighted by molar-refractivity contribution is -0.123. The second-order valence-electron chi connectivity index (χ2n) is 6.33. The topological polar surface area (TPSA) is 44.4 Å². The number of carbonyl (C=O) groups excluding carboxylic acids is 1. The summed E-state index contributed by atoms with van der Waals surface area (Å²) in [7, 11) is 0. The molecule has 1 amide bonds. The van der Waals surface area contributed by atoms with E-state index in [0.29, 0.717) is 12.6 Å². The predicted molar refractivity (Wildman–Crippen MR) is 75.7 cm³/mol. The van der Waals surface area contributed by atoms with Crippen molar-refractivity contribution in [2.75, 3.05) is 26.2 Å². The van der Waals surface area contributed by atoms with Gasteiger partial charge in [-0.2, -0.15) is 0 Å². The van der Waals surface area contributed by atoms with E-state index in [9.17, 15) is 4.79 Å². The number of carbonyl (C=O) groups is 1. The summed E-state index contributed by atoms with van der Waals surface area (Å²) in [5.74, 6) is 0.133. The second-order valence-corrected chi connectivity index (χ2v) is 6.33. The third kappa shape index (κ3) is 6.36. The molecule has 2 N–H and O–H groups in total. The average molecular weight is 255 g/mol. The molecule has 106 valence electrons. The fourth-order valence-electron chi connectivity index (χ4n) is 2.44. The number of amides is 1. The summed E-state index contributed by atoms with van der Waals surface area (Å²) in [6.45, 7) is 11.9. The summed E-state index contributed by atoms with van der Waals surface area (Å²) in [5, 5.41) is 6.53. The largest absolute Gasteiger partial charge is 0.350 e. The Morgan fingerprint density at radius 1 is 1.44 bits per heavy atom. The maximum atomic E-state index is 11.9. The molecule has 1 fully saturated rings. The van der Waals surface area contributed by atoms with Crippen molar-refractivity contribution in [1.29, 1.82) is 0 Å². The van der Waals surface area contributed by atoms with Crippen LogP contribution in [-0.4, -0.2) is 48.6 Å². The van der Waals surface area contributed by atoms with Gasteiger partial charge in [-0.1, -0.05) is 6.92 Å². The van der Waals surface area contributed by atoms with Crippen molar-refractivity contribution in [3.05, 3.63) is 0 Å². The Morgan fingerprint density at radius 3 is 2.67 bits per heavy atom. The van der Waals surface area contributed by atoms with Gasteiger partial charge in [-0.25, -0.2) is 0 Å². The molecule has 1 heterocycles. The first-order valence-electron chi connectivity index (χ1n) is 7.17. The first-order chi connectivity index (χ1) is 8.40. The van der Waals surface area contributed by atoms with Gasteiger partial charge in [0.15, 0.2) is 0 Å². The lowest BCUT2D eigenvalue weighted by Gasteiger charge is -2.27. The molecule has 4 nitrogen and oxygen atoms in total. The molecule has 18 heavy (non-hydrogen) atoms. The van der Waals surface area contributed by atoms with E-state index in [-0.39, 0.29) is 11.4 Å². The van der Waals surface area contributed by atoms with Gasteiger partial charge in [0, 0.05) is 18.1 Å². The van der Waals surface area contributed by atoms with Crippen LogP contribution in [0.15, 0.2) is 0 Å². The van der Waals surface area contributed by atoms with Crippen LogP contribution < -0.4 is 10.6 Å². The lowest BCUT2D eigenvalue weighted by atomic mass is 10.1. The number of hydrogen-bond acceptors (Lipinski definition) is 3. The van der Waals surface area contributed by atoms with E-state index in [4.69, 9.17) is 0 Å². The molecule has 1 aliphatic rings. The van der Waals surface area contributed by atoms with E-state index in [1.54, 1.807) is 0 Å². The maximum absolute atomic E-state index is 11.9. The first-order valence-corrected chi connectivity index (χ1v) is 7.17. The summed E-state index contributed by atoms with van der Waals surface area (Å²) >= 11 is 0. The molecule has 0 aliphatic carbocycles. The average Bonchev–Trinajstić information content (AvgIpc) is 2.67. The highest BCUT2D eigenvalue weighted by Gasteiger charge is 2.20. The Morgan fingerprint density at radius 2 is 2.17 bits per heavy atom. The predicted octanol–water partition coefficient (Wildman–Crippen LogP) is 1.37. The van der Waals surface area contributed by atoms with Crippen LogP contribution in [0.2, 0.25) is 0 Å². The highest BCUT2D eigenvalue weighted by molar-refractivity contribution is 5.78. The monoisotopic (exact) mass is 255 g/mol. The Hall–Kier alpha value is -0.610. The number of hydrogen-bond donors (Lipinski definition) is 2. The number of nitrogens with zero attached hydrogens (tertiary/aromatic N) is 1. The third-order valence-corrected chi connectivity index (χ3v) is 3.06. The van der Waals surface area contributed by atoms with E-state index in [1.165, 1.54) is 12.8 Å². The zero-order valence-electron chi connectivity index (χ0n) is 12.4. The number of rotatable bonds is 6. The summed E-state index contributed by atoms with van der Waals surface area (Å²) in [6.07, 6.45) is 3.59. The molecule has 1 atom stereocenters. The van der Waals surface area contributed by atoms with Crippen LogP contribution in [0.5, 0.6) is 0 Å². The molecule has 1 rings (SSSR count). The third-order valence-electron chi connectivity index (χ3n) is 3.06. The van der Waals surface area contributed by atoms with E-state index < -0.39 is 0 Å². The lowest BCUT2D eigenvalue weighted by Crippen LogP contribution is -2.48. The SMILES string of the molecule is CCCN(CC(=O)NC(C)(C)C)CC1CCCN1. The van der Waals surface area contributed by atoms with Crippen molar-refractivity contribution in [3.63, 3.8) is 0 Å². The molecular formula is C14H29N3O. The summed E-state index contributed by atoms with van der Waals surface area (Å²) in [5.41, 5.74) is -0.138. The van der Waals surface area contributed by atoms with E-state index in [1.807, 2.05) is 20.8 Å². The van der Waals surface area contributed by atoms with Gasteiger partial charge in [0.25, 0.3) is 0 Å². The molecular weight excluding hydrogens is 226 g/mol. The van der Waals surface area contributed by atoms with Crippen LogP contribution in [0.3, 0.4) is 0 Å². The Balaban J connectivity index is 2.38. The van der Waals surface area contributed by atoms with Crippen LogP contribution >= 0.6 is 0 Å². The highest BCUT2D eigenvalue weighted by Crippen LogP contribution is 2.07. The second kappa shape index (κ2) is 7.10. The quantitative estimate of drug-likeness (QED) is 0.753. The zero-order chi connectivity index (χ0) is 13.6. The van der Waals surface area contributed by atoms with Gasteiger partial charge < -0.3 is 10.6 Å². The standard InChI is InChI=1S/C14H29N3O/c1-5-9-17(10-12-7-6-8-15-12)11-13(18)16-14(2,3)4/h12,15H,5-11H2,1-4H3,(H,16,18).